The minimum atomic E-state index is -0.680. The van der Waals surface area contributed by atoms with Gasteiger partial charge in [-0.1, -0.05) is 17.7 Å². The molecule has 1 aromatic carbocycles. The molecule has 1 aliphatic rings. The minimum Gasteiger partial charge on any atom is -0.469 e. The summed E-state index contributed by atoms with van der Waals surface area (Å²) in [5.41, 5.74) is 1.77. The van der Waals surface area contributed by atoms with E-state index in [-0.39, 0.29) is 18.0 Å². The number of aromatic nitrogens is 2. The number of aromatic amines is 1. The number of rotatable bonds is 4. The van der Waals surface area contributed by atoms with Crippen molar-refractivity contribution in [1.29, 1.82) is 0 Å². The maximum Gasteiger partial charge on any atom is 0.318 e. The summed E-state index contributed by atoms with van der Waals surface area (Å²) in [5.74, 6) is -0.926. The van der Waals surface area contributed by atoms with Gasteiger partial charge in [-0.2, -0.15) is 0 Å². The first-order chi connectivity index (χ1) is 12.5. The highest BCUT2D eigenvalue weighted by atomic mass is 35.5. The van der Waals surface area contributed by atoms with Crippen LogP contribution in [0.3, 0.4) is 0 Å². The van der Waals surface area contributed by atoms with E-state index in [0.29, 0.717) is 24.2 Å². The zero-order chi connectivity index (χ0) is 18.7. The van der Waals surface area contributed by atoms with Gasteiger partial charge < -0.3 is 19.9 Å². The number of amides is 2. The number of nitrogens with one attached hydrogen (secondary N) is 2. The van der Waals surface area contributed by atoms with Gasteiger partial charge in [0.25, 0.3) is 0 Å². The minimum absolute atomic E-state index is 0.0592. The number of nitrogens with zero attached hydrogens (tertiary/aromatic N) is 2. The van der Waals surface area contributed by atoms with E-state index in [0.717, 1.165) is 5.69 Å². The van der Waals surface area contributed by atoms with Gasteiger partial charge in [-0.3, -0.25) is 4.79 Å². The fourth-order valence-electron chi connectivity index (χ4n) is 3.01. The lowest BCUT2D eigenvalue weighted by Gasteiger charge is -2.35. The molecule has 2 N–H and O–H groups in total. The predicted molar refractivity (Wildman–Crippen MR) is 92.3 cm³/mol. The van der Waals surface area contributed by atoms with Gasteiger partial charge in [-0.25, -0.2) is 14.2 Å². The van der Waals surface area contributed by atoms with Crippen molar-refractivity contribution >= 4 is 23.6 Å². The van der Waals surface area contributed by atoms with Crippen LogP contribution in [-0.4, -0.2) is 47.1 Å². The van der Waals surface area contributed by atoms with Crippen LogP contribution in [0.1, 0.15) is 29.4 Å². The van der Waals surface area contributed by atoms with Crippen LogP contribution < -0.4 is 5.32 Å². The number of methoxy groups -OCH3 is 1. The number of hydrogen-bond acceptors (Lipinski definition) is 4. The van der Waals surface area contributed by atoms with Crippen molar-refractivity contribution < 1.29 is 18.7 Å². The molecule has 1 aromatic heterocycles. The van der Waals surface area contributed by atoms with E-state index in [1.54, 1.807) is 12.1 Å². The summed E-state index contributed by atoms with van der Waals surface area (Å²) < 4.78 is 19.1. The normalized spacial score (nSPS) is 16.1. The lowest BCUT2D eigenvalue weighted by atomic mass is 9.95. The summed E-state index contributed by atoms with van der Waals surface area (Å²) in [6.07, 6.45) is 2.17. The average molecular weight is 381 g/mol. The lowest BCUT2D eigenvalue weighted by molar-refractivity contribution is -0.140. The van der Waals surface area contributed by atoms with Crippen LogP contribution in [0, 0.1) is 5.82 Å². The fourth-order valence-corrected chi connectivity index (χ4v) is 3.17. The van der Waals surface area contributed by atoms with Crippen molar-refractivity contribution in [2.24, 2.45) is 0 Å². The Labute approximate surface area is 154 Å². The Morgan fingerprint density at radius 1 is 1.50 bits per heavy atom. The number of carbonyl (C=O) groups excluding carboxylic acids is 2. The van der Waals surface area contributed by atoms with Crippen molar-refractivity contribution in [2.75, 3.05) is 20.2 Å². The standard InChI is InChI=1S/C17H18ClFN4O3/c1-26-14(24)4-6-20-17(25)23-7-5-13-15(22-9-21-13)16(23)11-3-2-10(18)8-12(11)19/h2-3,8-9,16H,4-7H2,1H3,(H,20,25)(H,21,22)/t16-/m1/s1. The lowest BCUT2D eigenvalue weighted by Crippen LogP contribution is -2.46. The average Bonchev–Trinajstić information content (AvgIpc) is 3.09. The molecule has 0 bridgehead atoms. The zero-order valence-electron chi connectivity index (χ0n) is 14.1. The molecule has 1 aliphatic heterocycles. The Morgan fingerprint density at radius 3 is 3.04 bits per heavy atom. The summed E-state index contributed by atoms with van der Waals surface area (Å²) in [6, 6.07) is 3.27. The van der Waals surface area contributed by atoms with Crippen LogP contribution in [0.5, 0.6) is 0 Å². The van der Waals surface area contributed by atoms with E-state index < -0.39 is 23.9 Å². The van der Waals surface area contributed by atoms with Crippen LogP contribution >= 0.6 is 11.6 Å². The van der Waals surface area contributed by atoms with Crippen molar-refractivity contribution in [3.63, 3.8) is 0 Å². The second kappa shape index (κ2) is 7.74. The van der Waals surface area contributed by atoms with Crippen molar-refractivity contribution in [3.8, 4) is 0 Å². The van der Waals surface area contributed by atoms with Gasteiger partial charge in [0.1, 0.15) is 11.9 Å². The monoisotopic (exact) mass is 380 g/mol. The second-order valence-electron chi connectivity index (χ2n) is 5.84. The van der Waals surface area contributed by atoms with Crippen LogP contribution in [0.25, 0.3) is 0 Å². The molecular formula is C17H18ClFN4O3. The van der Waals surface area contributed by atoms with Gasteiger partial charge >= 0.3 is 12.0 Å². The van der Waals surface area contributed by atoms with Gasteiger partial charge in [-0.15, -0.1) is 0 Å². The summed E-state index contributed by atoms with van der Waals surface area (Å²) >= 11 is 5.85. The Kier molecular flexibility index (Phi) is 5.41. The summed E-state index contributed by atoms with van der Waals surface area (Å²) in [5, 5.41) is 2.95. The molecule has 2 aromatic rings. The zero-order valence-corrected chi connectivity index (χ0v) is 14.8. The van der Waals surface area contributed by atoms with Gasteiger partial charge in [0.05, 0.1) is 25.6 Å². The third-order valence-electron chi connectivity index (χ3n) is 4.28. The Balaban J connectivity index is 1.86. The molecule has 0 spiro atoms. The molecule has 26 heavy (non-hydrogen) atoms. The molecule has 138 valence electrons. The van der Waals surface area contributed by atoms with Crippen LogP contribution in [-0.2, 0) is 16.0 Å². The number of H-pyrrole nitrogens is 1. The summed E-state index contributed by atoms with van der Waals surface area (Å²) in [4.78, 5) is 32.7. The second-order valence-corrected chi connectivity index (χ2v) is 6.27. The van der Waals surface area contributed by atoms with Gasteiger partial charge in [0.2, 0.25) is 0 Å². The predicted octanol–water partition coefficient (Wildman–Crippen LogP) is 2.42. The highest BCUT2D eigenvalue weighted by Crippen LogP contribution is 2.35. The number of ether oxygens (including phenoxy) is 1. The summed E-state index contributed by atoms with van der Waals surface area (Å²) in [7, 11) is 1.28. The molecule has 0 aliphatic carbocycles. The number of imidazole rings is 1. The number of urea groups is 1. The number of halogens is 2. The van der Waals surface area contributed by atoms with E-state index in [9.17, 15) is 14.0 Å². The SMILES string of the molecule is COC(=O)CCNC(=O)N1CCc2[nH]cnc2[C@H]1c1ccc(Cl)cc1F. The molecule has 2 heterocycles. The summed E-state index contributed by atoms with van der Waals surface area (Å²) in [6.45, 7) is 0.511. The van der Waals surface area contributed by atoms with Gasteiger partial charge in [0.15, 0.2) is 0 Å². The maximum atomic E-state index is 14.5. The fraction of sp³-hybridized carbons (Fsp3) is 0.353. The Morgan fingerprint density at radius 2 is 2.31 bits per heavy atom. The molecule has 9 heteroatoms. The van der Waals surface area contributed by atoms with E-state index in [1.807, 2.05) is 0 Å². The number of fused-ring (bicyclic) bond motifs is 1. The molecule has 0 saturated heterocycles. The van der Waals surface area contributed by atoms with Crippen molar-refractivity contribution in [1.82, 2.24) is 20.2 Å². The number of hydrogen-bond donors (Lipinski definition) is 2. The largest absolute Gasteiger partial charge is 0.469 e. The Bertz CT molecular complexity index is 826. The third-order valence-corrected chi connectivity index (χ3v) is 4.51. The smallest absolute Gasteiger partial charge is 0.318 e. The molecule has 3 rings (SSSR count). The molecule has 2 amide bonds. The molecule has 0 radical (unpaired) electrons. The number of carbonyl (C=O) groups is 2. The quantitative estimate of drug-likeness (QED) is 0.797. The van der Waals surface area contributed by atoms with Crippen molar-refractivity contribution in [2.45, 2.75) is 18.9 Å². The van der Waals surface area contributed by atoms with Gasteiger partial charge in [-0.05, 0) is 12.1 Å². The molecule has 1 atom stereocenters. The first-order valence-corrected chi connectivity index (χ1v) is 8.47. The highest BCUT2D eigenvalue weighted by Gasteiger charge is 2.35. The molecule has 0 fully saturated rings. The topological polar surface area (TPSA) is 87.3 Å². The first kappa shape index (κ1) is 18.2. The number of benzene rings is 1. The first-order valence-electron chi connectivity index (χ1n) is 8.09. The highest BCUT2D eigenvalue weighted by molar-refractivity contribution is 6.30. The van der Waals surface area contributed by atoms with Crippen molar-refractivity contribution in [3.05, 3.63) is 52.3 Å². The van der Waals surface area contributed by atoms with E-state index >= 15 is 0 Å². The third kappa shape index (κ3) is 3.65. The number of esters is 1. The van der Waals surface area contributed by atoms with E-state index in [4.69, 9.17) is 11.6 Å². The molecule has 0 unspecified atom stereocenters. The maximum absolute atomic E-state index is 14.5. The Hall–Kier alpha value is -2.61. The van der Waals surface area contributed by atoms with E-state index in [2.05, 4.69) is 20.0 Å². The molecule has 7 nitrogen and oxygen atoms in total. The van der Waals surface area contributed by atoms with E-state index in [1.165, 1.54) is 24.4 Å². The molecular weight excluding hydrogens is 363 g/mol. The van der Waals surface area contributed by atoms with Gasteiger partial charge in [0, 0.05) is 35.8 Å². The van der Waals surface area contributed by atoms with Crippen LogP contribution in [0.15, 0.2) is 24.5 Å². The van der Waals surface area contributed by atoms with Crippen LogP contribution in [0.2, 0.25) is 5.02 Å². The molecule has 0 saturated carbocycles. The van der Waals surface area contributed by atoms with Crippen LogP contribution in [0.4, 0.5) is 9.18 Å².